The van der Waals surface area contributed by atoms with Crippen LogP contribution in [0.5, 0.6) is 23.0 Å². The summed E-state index contributed by atoms with van der Waals surface area (Å²) in [6.45, 7) is 3.70. The summed E-state index contributed by atoms with van der Waals surface area (Å²) in [7, 11) is 5.34. The van der Waals surface area contributed by atoms with Gasteiger partial charge in [0.25, 0.3) is 0 Å². The Morgan fingerprint density at radius 2 is 1.81 bits per heavy atom. The summed E-state index contributed by atoms with van der Waals surface area (Å²) < 4.78 is 22.7. The van der Waals surface area contributed by atoms with Crippen LogP contribution in [-0.2, 0) is 17.6 Å². The van der Waals surface area contributed by atoms with E-state index in [0.29, 0.717) is 24.5 Å². The van der Waals surface area contributed by atoms with Crippen LogP contribution in [0, 0.1) is 0 Å². The van der Waals surface area contributed by atoms with Crippen LogP contribution in [-0.4, -0.2) is 75.9 Å². The number of para-hydroxylation sites is 2. The van der Waals surface area contributed by atoms with Gasteiger partial charge in [0.2, 0.25) is 5.91 Å². The Morgan fingerprint density at radius 1 is 1.09 bits per heavy atom. The molecule has 2 heterocycles. The van der Waals surface area contributed by atoms with Crippen molar-refractivity contribution in [3.8, 4) is 23.0 Å². The molecule has 172 valence electrons. The second-order valence-electron chi connectivity index (χ2n) is 8.40. The molecule has 32 heavy (non-hydrogen) atoms. The first kappa shape index (κ1) is 22.3. The quantitative estimate of drug-likeness (QED) is 0.629. The molecule has 0 saturated carbocycles. The van der Waals surface area contributed by atoms with Crippen molar-refractivity contribution in [3.63, 3.8) is 0 Å². The highest BCUT2D eigenvalue weighted by molar-refractivity contribution is 5.80. The molecule has 0 N–H and O–H groups in total. The first-order valence-electron chi connectivity index (χ1n) is 11.2. The molecule has 0 bridgehead atoms. The highest BCUT2D eigenvalue weighted by Gasteiger charge is 2.24. The normalized spacial score (nSPS) is 17.7. The topological polar surface area (TPSA) is 60.5 Å². The maximum absolute atomic E-state index is 12.8. The summed E-state index contributed by atoms with van der Waals surface area (Å²) in [4.78, 5) is 17.1. The molecule has 4 rings (SSSR count). The van der Waals surface area contributed by atoms with Crippen molar-refractivity contribution in [2.45, 2.75) is 25.4 Å². The fourth-order valence-corrected chi connectivity index (χ4v) is 4.38. The number of methoxy groups -OCH3 is 2. The van der Waals surface area contributed by atoms with E-state index in [2.05, 4.69) is 11.9 Å². The average Bonchev–Trinajstić information content (AvgIpc) is 2.95. The Kier molecular flexibility index (Phi) is 7.05. The van der Waals surface area contributed by atoms with Crippen LogP contribution in [0.2, 0.25) is 0 Å². The van der Waals surface area contributed by atoms with E-state index in [9.17, 15) is 4.79 Å². The van der Waals surface area contributed by atoms with Crippen molar-refractivity contribution in [2.75, 3.05) is 54.1 Å². The maximum atomic E-state index is 12.8. The third-order valence-electron chi connectivity index (χ3n) is 6.10. The van der Waals surface area contributed by atoms with Gasteiger partial charge in [-0.15, -0.1) is 0 Å². The highest BCUT2D eigenvalue weighted by atomic mass is 16.6. The number of nitrogens with zero attached hydrogens (tertiary/aromatic N) is 2. The van der Waals surface area contributed by atoms with E-state index < -0.39 is 0 Å². The Bertz CT molecular complexity index is 948. The Morgan fingerprint density at radius 3 is 2.56 bits per heavy atom. The molecule has 0 aliphatic carbocycles. The summed E-state index contributed by atoms with van der Waals surface area (Å²) in [5, 5.41) is 0. The number of rotatable bonds is 8. The minimum atomic E-state index is 0.00850. The third kappa shape index (κ3) is 5.10. The van der Waals surface area contributed by atoms with Crippen molar-refractivity contribution in [3.05, 3.63) is 47.5 Å². The Hall–Kier alpha value is -2.93. The van der Waals surface area contributed by atoms with Gasteiger partial charge in [-0.1, -0.05) is 12.1 Å². The Labute approximate surface area is 189 Å². The standard InChI is InChI=1S/C25H32N2O5/c1-26(16-20-17-31-21-7-4-5-8-22(21)32-20)10-6-11-27-12-9-18-13-23(29-2)24(30-3)14-19(18)15-25(27)28/h4-5,7-8,13-14,20H,6,9-12,15-17H2,1-3H3. The highest BCUT2D eigenvalue weighted by Crippen LogP contribution is 2.33. The van der Waals surface area contributed by atoms with Gasteiger partial charge in [0.1, 0.15) is 12.7 Å². The molecular weight excluding hydrogens is 408 g/mol. The molecule has 0 saturated heterocycles. The zero-order valence-electron chi connectivity index (χ0n) is 19.1. The van der Waals surface area contributed by atoms with E-state index in [1.165, 1.54) is 0 Å². The lowest BCUT2D eigenvalue weighted by molar-refractivity contribution is -0.130. The van der Waals surface area contributed by atoms with E-state index in [1.807, 2.05) is 41.3 Å². The van der Waals surface area contributed by atoms with Crippen molar-refractivity contribution in [1.82, 2.24) is 9.80 Å². The summed E-state index contributed by atoms with van der Waals surface area (Å²) in [6.07, 6.45) is 2.14. The van der Waals surface area contributed by atoms with E-state index >= 15 is 0 Å². The van der Waals surface area contributed by atoms with Crippen LogP contribution in [0.15, 0.2) is 36.4 Å². The number of hydrogen-bond donors (Lipinski definition) is 0. The van der Waals surface area contributed by atoms with Gasteiger partial charge >= 0.3 is 0 Å². The fraction of sp³-hybridized carbons (Fsp3) is 0.480. The molecule has 2 aromatic rings. The van der Waals surface area contributed by atoms with E-state index in [0.717, 1.165) is 61.6 Å². The number of hydrogen-bond acceptors (Lipinski definition) is 6. The van der Waals surface area contributed by atoms with Crippen molar-refractivity contribution >= 4 is 5.91 Å². The third-order valence-corrected chi connectivity index (χ3v) is 6.10. The van der Waals surface area contributed by atoms with Gasteiger partial charge in [-0.05, 0) is 61.8 Å². The largest absolute Gasteiger partial charge is 0.493 e. The van der Waals surface area contributed by atoms with Crippen molar-refractivity contribution in [1.29, 1.82) is 0 Å². The Balaban J connectivity index is 1.26. The minimum Gasteiger partial charge on any atom is -0.493 e. The lowest BCUT2D eigenvalue weighted by Crippen LogP contribution is -2.40. The van der Waals surface area contributed by atoms with Crippen LogP contribution < -0.4 is 18.9 Å². The molecule has 1 atom stereocenters. The SMILES string of the molecule is COc1cc2c(cc1OC)CC(=O)N(CCCN(C)CC1COc3ccccc3O1)CC2. The number of carbonyl (C=O) groups excluding carboxylic acids is 1. The van der Waals surface area contributed by atoms with Crippen LogP contribution in [0.1, 0.15) is 17.5 Å². The van der Waals surface area contributed by atoms with Crippen LogP contribution in [0.4, 0.5) is 0 Å². The molecule has 0 radical (unpaired) electrons. The van der Waals surface area contributed by atoms with Gasteiger partial charge in [-0.3, -0.25) is 4.79 Å². The minimum absolute atomic E-state index is 0.00850. The maximum Gasteiger partial charge on any atom is 0.227 e. The molecule has 2 aliphatic rings. The van der Waals surface area contributed by atoms with Gasteiger partial charge in [0.05, 0.1) is 20.6 Å². The van der Waals surface area contributed by atoms with Gasteiger partial charge in [0, 0.05) is 19.6 Å². The summed E-state index contributed by atoms with van der Waals surface area (Å²) in [6, 6.07) is 11.7. The monoisotopic (exact) mass is 440 g/mol. The lowest BCUT2D eigenvalue weighted by atomic mass is 10.0. The van der Waals surface area contributed by atoms with Gasteiger partial charge in [-0.25, -0.2) is 0 Å². The van der Waals surface area contributed by atoms with Crippen LogP contribution >= 0.6 is 0 Å². The molecule has 2 aliphatic heterocycles. The van der Waals surface area contributed by atoms with Crippen molar-refractivity contribution in [2.24, 2.45) is 0 Å². The first-order valence-corrected chi connectivity index (χ1v) is 11.2. The molecule has 0 aromatic heterocycles. The van der Waals surface area contributed by atoms with Crippen molar-refractivity contribution < 1.29 is 23.7 Å². The summed E-state index contributed by atoms with van der Waals surface area (Å²) in [5.74, 6) is 3.16. The molecule has 0 spiro atoms. The van der Waals surface area contributed by atoms with Crippen LogP contribution in [0.3, 0.4) is 0 Å². The number of fused-ring (bicyclic) bond motifs is 2. The predicted octanol–water partition coefficient (Wildman–Crippen LogP) is 2.79. The average molecular weight is 441 g/mol. The molecule has 2 aromatic carbocycles. The number of benzene rings is 2. The fourth-order valence-electron chi connectivity index (χ4n) is 4.38. The zero-order valence-corrected chi connectivity index (χ0v) is 19.1. The smallest absolute Gasteiger partial charge is 0.227 e. The number of ether oxygens (including phenoxy) is 4. The second kappa shape index (κ2) is 10.1. The zero-order chi connectivity index (χ0) is 22.5. The van der Waals surface area contributed by atoms with Crippen LogP contribution in [0.25, 0.3) is 0 Å². The molecule has 7 nitrogen and oxygen atoms in total. The first-order chi connectivity index (χ1) is 15.6. The van der Waals surface area contributed by atoms with Gasteiger partial charge in [-0.2, -0.15) is 0 Å². The summed E-state index contributed by atoms with van der Waals surface area (Å²) in [5.41, 5.74) is 2.19. The van der Waals surface area contributed by atoms with E-state index in [-0.39, 0.29) is 12.0 Å². The number of amides is 1. The molecule has 1 amide bonds. The predicted molar refractivity (Wildman–Crippen MR) is 122 cm³/mol. The van der Waals surface area contributed by atoms with Gasteiger partial charge in [0.15, 0.2) is 23.0 Å². The van der Waals surface area contributed by atoms with E-state index in [1.54, 1.807) is 14.2 Å². The lowest BCUT2D eigenvalue weighted by Gasteiger charge is -2.30. The number of likely N-dealkylation sites (N-methyl/N-ethyl adjacent to an activating group) is 1. The molecule has 1 unspecified atom stereocenters. The van der Waals surface area contributed by atoms with E-state index in [4.69, 9.17) is 18.9 Å². The molecular formula is C25H32N2O5. The molecule has 7 heteroatoms. The second-order valence-corrected chi connectivity index (χ2v) is 8.40. The van der Waals surface area contributed by atoms with Gasteiger partial charge < -0.3 is 28.7 Å². The number of carbonyl (C=O) groups is 1. The molecule has 0 fully saturated rings. The summed E-state index contributed by atoms with van der Waals surface area (Å²) >= 11 is 0.